The monoisotopic (exact) mass is 484 g/mol. The molecule has 4 rings (SSSR count). The number of hydrogen-bond acceptors (Lipinski definition) is 4. The summed E-state index contributed by atoms with van der Waals surface area (Å²) in [6.07, 6.45) is 0. The number of fused-ring (bicyclic) bond motifs is 1. The number of rotatable bonds is 6. The Hall–Kier alpha value is -2.45. The van der Waals surface area contributed by atoms with Gasteiger partial charge in [0, 0.05) is 48.0 Å². The average Bonchev–Trinajstić information content (AvgIpc) is 2.80. The van der Waals surface area contributed by atoms with Crippen molar-refractivity contribution in [3.63, 3.8) is 0 Å². The molecule has 8 heteroatoms. The lowest BCUT2D eigenvalue weighted by Gasteiger charge is -2.31. The van der Waals surface area contributed by atoms with E-state index in [4.69, 9.17) is 28.6 Å². The molecule has 2 aromatic carbocycles. The van der Waals surface area contributed by atoms with Crippen LogP contribution in [0.5, 0.6) is 0 Å². The Bertz CT molecular complexity index is 1190. The number of H-pyrrole nitrogens is 1. The van der Waals surface area contributed by atoms with Crippen LogP contribution in [0.2, 0.25) is 5.02 Å². The van der Waals surface area contributed by atoms with Crippen LogP contribution in [0.25, 0.3) is 10.9 Å². The molecule has 2 heterocycles. The van der Waals surface area contributed by atoms with Crippen molar-refractivity contribution in [2.24, 2.45) is 0 Å². The fraction of sp³-hybridized carbons (Fsp3) is 0.360. The molecule has 0 unspecified atom stereocenters. The summed E-state index contributed by atoms with van der Waals surface area (Å²) in [5.41, 5.74) is 4.37. The van der Waals surface area contributed by atoms with Crippen LogP contribution < -0.4 is 10.9 Å². The van der Waals surface area contributed by atoms with Gasteiger partial charge in [0.1, 0.15) is 0 Å². The number of nitrogens with one attached hydrogen (secondary N) is 2. The molecule has 1 fully saturated rings. The number of nitrogens with zero attached hydrogens (tertiary/aromatic N) is 2. The molecule has 1 aliphatic rings. The van der Waals surface area contributed by atoms with Gasteiger partial charge in [0.05, 0.1) is 19.8 Å². The van der Waals surface area contributed by atoms with E-state index in [0.717, 1.165) is 55.0 Å². The zero-order chi connectivity index (χ0) is 23.4. The number of morpholine rings is 1. The third-order valence-corrected chi connectivity index (χ3v) is 6.71. The van der Waals surface area contributed by atoms with Gasteiger partial charge in [-0.25, -0.2) is 0 Å². The summed E-state index contributed by atoms with van der Waals surface area (Å²) in [6.45, 7) is 9.28. The number of aromatic amines is 1. The topological polar surface area (TPSA) is 60.6 Å². The summed E-state index contributed by atoms with van der Waals surface area (Å²) in [6, 6.07) is 13.9. The molecule has 0 aliphatic carbocycles. The Morgan fingerprint density at radius 3 is 2.64 bits per heavy atom. The molecule has 1 saturated heterocycles. The van der Waals surface area contributed by atoms with Crippen molar-refractivity contribution in [2.45, 2.75) is 20.4 Å². The van der Waals surface area contributed by atoms with Gasteiger partial charge in [-0.05, 0) is 67.3 Å². The van der Waals surface area contributed by atoms with E-state index in [1.54, 1.807) is 6.07 Å². The first-order valence-electron chi connectivity index (χ1n) is 11.1. The van der Waals surface area contributed by atoms with Crippen molar-refractivity contribution in [3.8, 4) is 0 Å². The highest BCUT2D eigenvalue weighted by atomic mass is 35.5. The van der Waals surface area contributed by atoms with Crippen molar-refractivity contribution in [2.75, 3.05) is 44.7 Å². The maximum atomic E-state index is 12.9. The fourth-order valence-electron chi connectivity index (χ4n) is 3.89. The van der Waals surface area contributed by atoms with Gasteiger partial charge in [0.15, 0.2) is 5.11 Å². The second-order valence-corrected chi connectivity index (χ2v) is 9.28. The van der Waals surface area contributed by atoms with Gasteiger partial charge in [-0.1, -0.05) is 29.3 Å². The van der Waals surface area contributed by atoms with Crippen molar-refractivity contribution in [1.82, 2.24) is 14.8 Å². The second kappa shape index (κ2) is 10.7. The molecule has 0 bridgehead atoms. The van der Waals surface area contributed by atoms with Crippen LogP contribution in [-0.4, -0.2) is 59.3 Å². The number of halogens is 1. The zero-order valence-electron chi connectivity index (χ0n) is 19.0. The van der Waals surface area contributed by atoms with Crippen molar-refractivity contribution < 1.29 is 4.74 Å². The van der Waals surface area contributed by atoms with Crippen molar-refractivity contribution in [1.29, 1.82) is 0 Å². The summed E-state index contributed by atoms with van der Waals surface area (Å²) in [5, 5.41) is 5.53. The summed E-state index contributed by atoms with van der Waals surface area (Å²) < 4.78 is 5.46. The first kappa shape index (κ1) is 23.7. The molecular formula is C25H29ClN4O2S. The number of hydrogen-bond donors (Lipinski definition) is 2. The lowest BCUT2D eigenvalue weighted by Crippen LogP contribution is -2.44. The number of thiocarbonyl (C=S) groups is 1. The van der Waals surface area contributed by atoms with E-state index in [1.165, 1.54) is 5.56 Å². The van der Waals surface area contributed by atoms with Crippen LogP contribution in [-0.2, 0) is 11.3 Å². The lowest BCUT2D eigenvalue weighted by molar-refractivity contribution is 0.0358. The van der Waals surface area contributed by atoms with Crippen molar-refractivity contribution >= 4 is 45.5 Å². The largest absolute Gasteiger partial charge is 0.379 e. The number of pyridine rings is 1. The summed E-state index contributed by atoms with van der Waals surface area (Å²) >= 11 is 12.0. The van der Waals surface area contributed by atoms with Crippen molar-refractivity contribution in [3.05, 3.63) is 74.5 Å². The molecule has 174 valence electrons. The van der Waals surface area contributed by atoms with Crippen LogP contribution in [0, 0.1) is 13.8 Å². The van der Waals surface area contributed by atoms with Gasteiger partial charge in [-0.15, -0.1) is 0 Å². The standard InChI is InChI=1S/C25H29ClN4O2S/c1-17-3-5-21(6-4-17)27-25(33)30(8-7-29-9-11-32-12-10-29)16-20-14-19-13-18(2)22(26)15-23(19)28-24(20)31/h3-6,13-15H,7-12,16H2,1-2H3,(H,27,33)(H,28,31). The Morgan fingerprint density at radius 2 is 1.91 bits per heavy atom. The van der Waals surface area contributed by atoms with Crippen LogP contribution >= 0.6 is 23.8 Å². The van der Waals surface area contributed by atoms with E-state index in [-0.39, 0.29) is 5.56 Å². The molecule has 0 radical (unpaired) electrons. The molecule has 33 heavy (non-hydrogen) atoms. The van der Waals surface area contributed by atoms with E-state index in [9.17, 15) is 4.79 Å². The molecule has 2 N–H and O–H groups in total. The smallest absolute Gasteiger partial charge is 0.253 e. The predicted octanol–water partition coefficient (Wildman–Crippen LogP) is 4.33. The van der Waals surface area contributed by atoms with E-state index < -0.39 is 0 Å². The molecule has 1 aromatic heterocycles. The number of ether oxygens (including phenoxy) is 1. The number of aromatic nitrogens is 1. The van der Waals surface area contributed by atoms with E-state index in [0.29, 0.717) is 28.8 Å². The molecule has 1 aliphatic heterocycles. The SMILES string of the molecule is Cc1ccc(NC(=S)N(CCN2CCOCC2)Cc2cc3cc(C)c(Cl)cc3[nH]c2=O)cc1. The maximum absolute atomic E-state index is 12.9. The molecular weight excluding hydrogens is 456 g/mol. The fourth-order valence-corrected chi connectivity index (χ4v) is 4.33. The van der Waals surface area contributed by atoms with Gasteiger partial charge < -0.3 is 19.9 Å². The third kappa shape index (κ3) is 6.12. The summed E-state index contributed by atoms with van der Waals surface area (Å²) in [4.78, 5) is 20.3. The minimum absolute atomic E-state index is 0.128. The highest BCUT2D eigenvalue weighted by Gasteiger charge is 2.17. The Balaban J connectivity index is 1.56. The zero-order valence-corrected chi connectivity index (χ0v) is 20.6. The first-order valence-corrected chi connectivity index (χ1v) is 11.9. The Kier molecular flexibility index (Phi) is 7.65. The van der Waals surface area contributed by atoms with E-state index in [2.05, 4.69) is 27.0 Å². The summed E-state index contributed by atoms with van der Waals surface area (Å²) in [5.74, 6) is 0. The van der Waals surface area contributed by atoms with Crippen LogP contribution in [0.4, 0.5) is 5.69 Å². The van der Waals surface area contributed by atoms with Crippen LogP contribution in [0.1, 0.15) is 16.7 Å². The van der Waals surface area contributed by atoms with Gasteiger partial charge in [0.25, 0.3) is 5.56 Å². The molecule has 0 spiro atoms. The van der Waals surface area contributed by atoms with E-state index in [1.807, 2.05) is 43.3 Å². The Labute approximate surface area is 204 Å². The summed E-state index contributed by atoms with van der Waals surface area (Å²) in [7, 11) is 0. The number of benzene rings is 2. The molecule has 0 saturated carbocycles. The average molecular weight is 485 g/mol. The first-order chi connectivity index (χ1) is 15.9. The second-order valence-electron chi connectivity index (χ2n) is 8.48. The van der Waals surface area contributed by atoms with Gasteiger partial charge >= 0.3 is 0 Å². The highest BCUT2D eigenvalue weighted by molar-refractivity contribution is 7.80. The molecule has 3 aromatic rings. The maximum Gasteiger partial charge on any atom is 0.253 e. The predicted molar refractivity (Wildman–Crippen MR) is 139 cm³/mol. The number of aryl methyl sites for hydroxylation is 2. The third-order valence-electron chi connectivity index (χ3n) is 5.94. The van der Waals surface area contributed by atoms with Gasteiger partial charge in [-0.3, -0.25) is 9.69 Å². The normalized spacial score (nSPS) is 14.4. The minimum Gasteiger partial charge on any atom is -0.379 e. The molecule has 6 nitrogen and oxygen atoms in total. The Morgan fingerprint density at radius 1 is 1.18 bits per heavy atom. The van der Waals surface area contributed by atoms with Crippen LogP contribution in [0.15, 0.2) is 47.3 Å². The van der Waals surface area contributed by atoms with Crippen LogP contribution in [0.3, 0.4) is 0 Å². The highest BCUT2D eigenvalue weighted by Crippen LogP contribution is 2.22. The van der Waals surface area contributed by atoms with E-state index >= 15 is 0 Å². The molecule has 0 atom stereocenters. The quantitative estimate of drug-likeness (QED) is 0.508. The minimum atomic E-state index is -0.128. The number of anilines is 1. The lowest BCUT2D eigenvalue weighted by atomic mass is 10.1. The van der Waals surface area contributed by atoms with Gasteiger partial charge in [-0.2, -0.15) is 0 Å². The van der Waals surface area contributed by atoms with Gasteiger partial charge in [0.2, 0.25) is 0 Å². The molecule has 0 amide bonds.